The Bertz CT molecular complexity index is 38.1. The molecule has 1 rings (SSSR count). The molecule has 0 atom stereocenters. The average Bonchev–Trinajstić information content (AvgIpc) is 0.722. The fourth-order valence-electron chi connectivity index (χ4n) is 0.129. The van der Waals surface area contributed by atoms with E-state index >= 15 is 0 Å². The third-order valence-electron chi connectivity index (χ3n) is 0.516. The van der Waals surface area contributed by atoms with E-state index in [0.717, 1.165) is 0 Å². The van der Waals surface area contributed by atoms with E-state index in [-0.39, 0.29) is 103 Å². The minimum atomic E-state index is 0. The summed E-state index contributed by atoms with van der Waals surface area (Å²) in [7, 11) is 1.55. The molecule has 6 heavy (non-hydrogen) atoms. The molecular formula is C3H5K2P. The second kappa shape index (κ2) is 8.44. The van der Waals surface area contributed by atoms with Gasteiger partial charge in [-0.1, -0.05) is 5.80 Å². The molecule has 0 amide bonds. The second-order valence-corrected chi connectivity index (χ2v) is 2.05. The van der Waals surface area contributed by atoms with Crippen molar-refractivity contribution in [3.05, 3.63) is 0 Å². The van der Waals surface area contributed by atoms with E-state index in [1.807, 2.05) is 0 Å². The van der Waals surface area contributed by atoms with E-state index in [1.54, 1.807) is 8.20 Å². The zero-order chi connectivity index (χ0) is 2.83. The zero-order valence-electron chi connectivity index (χ0n) is 4.44. The van der Waals surface area contributed by atoms with Crippen LogP contribution in [0, 0.1) is 0 Å². The molecule has 0 saturated heterocycles. The molecule has 2 radical (unpaired) electrons. The Morgan fingerprint density at radius 3 is 1.50 bits per heavy atom. The van der Waals surface area contributed by atoms with Gasteiger partial charge < -0.3 is 0 Å². The van der Waals surface area contributed by atoms with Crippen LogP contribution in [0.3, 0.4) is 0 Å². The maximum atomic E-state index is 2.28. The minimum Gasteiger partial charge on any atom is -0.109 e. The van der Waals surface area contributed by atoms with E-state index in [9.17, 15) is 0 Å². The Kier molecular flexibility index (Phi) is 17.1. The molecule has 0 unspecified atom stereocenters. The summed E-state index contributed by atoms with van der Waals surface area (Å²) in [4.78, 5) is 0. The number of hydrogen-bond acceptors (Lipinski definition) is 0. The third kappa shape index (κ3) is 5.58. The summed E-state index contributed by atoms with van der Waals surface area (Å²) in [6.45, 7) is 0. The van der Waals surface area contributed by atoms with Crippen LogP contribution < -0.4 is 0 Å². The van der Waals surface area contributed by atoms with Crippen molar-refractivity contribution >= 4 is 117 Å². The molecule has 0 nitrogen and oxygen atoms in total. The third-order valence-corrected chi connectivity index (χ3v) is 1.55. The maximum absolute atomic E-state index is 2.28. The van der Waals surface area contributed by atoms with E-state index in [0.29, 0.717) is 0 Å². The van der Waals surface area contributed by atoms with E-state index in [2.05, 4.69) is 5.80 Å². The summed E-state index contributed by atoms with van der Waals surface area (Å²) in [5, 5.41) is 0. The van der Waals surface area contributed by atoms with Crippen LogP contribution in [0.2, 0.25) is 0 Å². The summed E-state index contributed by atoms with van der Waals surface area (Å²) in [5.41, 5.74) is 0. The van der Waals surface area contributed by atoms with Crippen molar-refractivity contribution in [2.24, 2.45) is 0 Å². The van der Waals surface area contributed by atoms with Gasteiger partial charge in [-0.25, -0.2) is 0 Å². The van der Waals surface area contributed by atoms with Crippen LogP contribution in [-0.2, 0) is 0 Å². The van der Waals surface area contributed by atoms with E-state index in [4.69, 9.17) is 0 Å². The van der Waals surface area contributed by atoms with E-state index < -0.39 is 0 Å². The van der Waals surface area contributed by atoms with Gasteiger partial charge in [0, 0.05) is 103 Å². The van der Waals surface area contributed by atoms with Crippen LogP contribution in [0.25, 0.3) is 0 Å². The summed E-state index contributed by atoms with van der Waals surface area (Å²) in [6, 6.07) is 0. The first-order valence-electron chi connectivity index (χ1n) is 1.48. The van der Waals surface area contributed by atoms with Gasteiger partial charge >= 0.3 is 0 Å². The predicted molar refractivity (Wildman–Crippen MR) is 34.0 cm³/mol. The summed E-state index contributed by atoms with van der Waals surface area (Å²) < 4.78 is 0. The van der Waals surface area contributed by atoms with E-state index in [1.165, 1.54) is 12.6 Å². The van der Waals surface area contributed by atoms with Crippen LogP contribution in [0.4, 0.5) is 0 Å². The molecule has 0 aliphatic carbocycles. The normalized spacial score (nSPS) is 16.0. The van der Waals surface area contributed by atoms with Gasteiger partial charge in [-0.15, -0.1) is 8.20 Å². The molecule has 0 bridgehead atoms. The van der Waals surface area contributed by atoms with Crippen LogP contribution in [0.1, 0.15) is 6.42 Å². The summed E-state index contributed by atoms with van der Waals surface area (Å²) in [5.74, 6) is 2.28. The first kappa shape index (κ1) is 12.2. The Morgan fingerprint density at radius 2 is 1.50 bits per heavy atom. The molecule has 0 aromatic heterocycles. The molecular weight excluding hydrogens is 145 g/mol. The predicted octanol–water partition coefficient (Wildman–Crippen LogP) is 0.377. The van der Waals surface area contributed by atoms with Gasteiger partial charge in [0.1, 0.15) is 0 Å². The van der Waals surface area contributed by atoms with Gasteiger partial charge in [0.2, 0.25) is 0 Å². The first-order valence-corrected chi connectivity index (χ1v) is 2.63. The SMILES string of the molecule is C1=PCC1.[K].[K]. The van der Waals surface area contributed by atoms with Gasteiger partial charge in [0.25, 0.3) is 0 Å². The van der Waals surface area contributed by atoms with Gasteiger partial charge in [-0.2, -0.15) is 0 Å². The zero-order valence-corrected chi connectivity index (χ0v) is 11.6. The number of rotatable bonds is 0. The van der Waals surface area contributed by atoms with Gasteiger partial charge in [0.15, 0.2) is 0 Å². The van der Waals surface area contributed by atoms with Crippen molar-refractivity contribution in [3.8, 4) is 0 Å². The van der Waals surface area contributed by atoms with Crippen molar-refractivity contribution in [3.63, 3.8) is 0 Å². The van der Waals surface area contributed by atoms with Gasteiger partial charge in [0.05, 0.1) is 0 Å². The van der Waals surface area contributed by atoms with Crippen LogP contribution in [-0.4, -0.2) is 115 Å². The quantitative estimate of drug-likeness (QED) is 0.346. The molecule has 3 heteroatoms. The summed E-state index contributed by atoms with van der Waals surface area (Å²) in [6.07, 6.45) is 2.78. The molecule has 1 aliphatic rings. The van der Waals surface area contributed by atoms with Gasteiger partial charge in [-0.05, 0) is 12.6 Å². The Morgan fingerprint density at radius 1 is 1.33 bits per heavy atom. The molecule has 24 valence electrons. The molecule has 1 aliphatic heterocycles. The molecule has 0 N–H and O–H groups in total. The second-order valence-electron chi connectivity index (χ2n) is 0.877. The smallest absolute Gasteiger partial charge is 0 e. The largest absolute Gasteiger partial charge is 0.109 e. The monoisotopic (exact) mass is 150 g/mol. The maximum Gasteiger partial charge on any atom is 0 e. The van der Waals surface area contributed by atoms with Crippen LogP contribution in [0.15, 0.2) is 0 Å². The fourth-order valence-corrected chi connectivity index (χ4v) is 0.387. The molecule has 0 aromatic rings. The standard InChI is InChI=1S/C3H5P.2K/c1-2-4-3-1;;/h2H,1,3H2;;. The summed E-state index contributed by atoms with van der Waals surface area (Å²) >= 11 is 0. The van der Waals surface area contributed by atoms with Crippen molar-refractivity contribution in [1.82, 2.24) is 0 Å². The van der Waals surface area contributed by atoms with Crippen molar-refractivity contribution in [1.29, 1.82) is 0 Å². The van der Waals surface area contributed by atoms with Crippen molar-refractivity contribution in [2.75, 3.05) is 6.16 Å². The molecule has 0 spiro atoms. The molecule has 0 saturated carbocycles. The van der Waals surface area contributed by atoms with Crippen LogP contribution >= 0.6 is 8.20 Å². The first-order chi connectivity index (χ1) is 2.00. The number of hydrogen-bond donors (Lipinski definition) is 0. The topological polar surface area (TPSA) is 0 Å². The van der Waals surface area contributed by atoms with Crippen molar-refractivity contribution in [2.45, 2.75) is 6.42 Å². The molecule has 1 heterocycles. The fraction of sp³-hybridized carbons (Fsp3) is 0.667. The van der Waals surface area contributed by atoms with Crippen LogP contribution in [0.5, 0.6) is 0 Å². The Hall–Kier alpha value is 3.44. The Labute approximate surface area is 125 Å². The average molecular weight is 150 g/mol. The minimum absolute atomic E-state index is 0. The van der Waals surface area contributed by atoms with Crippen molar-refractivity contribution < 1.29 is 0 Å². The molecule has 0 aromatic carbocycles. The Balaban J connectivity index is 0. The van der Waals surface area contributed by atoms with Gasteiger partial charge in [-0.3, -0.25) is 0 Å². The molecule has 0 fully saturated rings.